The summed E-state index contributed by atoms with van der Waals surface area (Å²) in [6, 6.07) is 2.28. The molecule has 1 aromatic carbocycles. The number of carbonyl (C=O) groups is 3. The van der Waals surface area contributed by atoms with Crippen LogP contribution in [-0.4, -0.2) is 49.7 Å². The lowest BCUT2D eigenvalue weighted by molar-refractivity contribution is -0.134. The van der Waals surface area contributed by atoms with Gasteiger partial charge in [0.1, 0.15) is 5.54 Å². The van der Waals surface area contributed by atoms with E-state index in [0.29, 0.717) is 36.0 Å². The lowest BCUT2D eigenvalue weighted by Crippen LogP contribution is -2.51. The molecule has 0 bridgehead atoms. The Hall–Kier alpha value is -2.97. The minimum Gasteiger partial charge on any atom is -0.493 e. The Labute approximate surface area is 163 Å². The van der Waals surface area contributed by atoms with Crippen LogP contribution in [0.4, 0.5) is 4.79 Å². The Morgan fingerprint density at radius 1 is 1.11 bits per heavy atom. The summed E-state index contributed by atoms with van der Waals surface area (Å²) in [5.41, 5.74) is 1.63. The number of hydrogen-bond donors (Lipinski definition) is 2. The van der Waals surface area contributed by atoms with Gasteiger partial charge in [0.15, 0.2) is 11.5 Å². The molecule has 1 aromatic rings. The topological polar surface area (TPSA) is 106 Å². The Morgan fingerprint density at radius 3 is 2.18 bits per heavy atom. The first-order valence-corrected chi connectivity index (χ1v) is 9.13. The number of nitrogens with one attached hydrogen (secondary N) is 2. The van der Waals surface area contributed by atoms with E-state index in [1.54, 1.807) is 0 Å². The van der Waals surface area contributed by atoms with Crippen molar-refractivity contribution < 1.29 is 28.6 Å². The van der Waals surface area contributed by atoms with Crippen molar-refractivity contribution >= 4 is 17.8 Å². The van der Waals surface area contributed by atoms with Crippen LogP contribution < -0.4 is 25.0 Å². The van der Waals surface area contributed by atoms with Crippen molar-refractivity contribution in [2.75, 3.05) is 21.3 Å². The van der Waals surface area contributed by atoms with E-state index in [1.807, 2.05) is 0 Å². The van der Waals surface area contributed by atoms with Gasteiger partial charge in [-0.05, 0) is 43.7 Å². The van der Waals surface area contributed by atoms with Gasteiger partial charge in [0.25, 0.3) is 11.8 Å². The van der Waals surface area contributed by atoms with Crippen LogP contribution in [-0.2, 0) is 4.79 Å². The summed E-state index contributed by atoms with van der Waals surface area (Å²) in [6.45, 7) is 2.12. The van der Waals surface area contributed by atoms with E-state index in [2.05, 4.69) is 17.7 Å². The summed E-state index contributed by atoms with van der Waals surface area (Å²) in [4.78, 5) is 37.9. The summed E-state index contributed by atoms with van der Waals surface area (Å²) in [6.07, 6.45) is 2.83. The number of amides is 4. The highest BCUT2D eigenvalue weighted by Crippen LogP contribution is 2.39. The predicted molar refractivity (Wildman–Crippen MR) is 99.3 cm³/mol. The van der Waals surface area contributed by atoms with Crippen LogP contribution in [0.5, 0.6) is 17.2 Å². The summed E-state index contributed by atoms with van der Waals surface area (Å²) in [5, 5.41) is 3.53. The molecule has 9 heteroatoms. The molecule has 3 rings (SSSR count). The Bertz CT molecular complexity index is 776. The molecular weight excluding hydrogens is 366 g/mol. The highest BCUT2D eigenvalue weighted by atomic mass is 16.5. The molecule has 1 aliphatic heterocycles. The zero-order valence-electron chi connectivity index (χ0n) is 16.5. The minimum atomic E-state index is -0.924. The zero-order chi connectivity index (χ0) is 20.5. The lowest BCUT2D eigenvalue weighted by atomic mass is 9.77. The van der Waals surface area contributed by atoms with Crippen molar-refractivity contribution in [1.82, 2.24) is 15.8 Å². The molecule has 2 N–H and O–H groups in total. The van der Waals surface area contributed by atoms with Gasteiger partial charge in [-0.2, -0.15) is 5.01 Å². The number of ether oxygens (including phenoxy) is 3. The van der Waals surface area contributed by atoms with Crippen LogP contribution in [0.2, 0.25) is 0 Å². The normalized spacial score (nSPS) is 24.1. The largest absolute Gasteiger partial charge is 0.493 e. The first kappa shape index (κ1) is 19.8. The van der Waals surface area contributed by atoms with Gasteiger partial charge < -0.3 is 19.5 Å². The number of benzene rings is 1. The summed E-state index contributed by atoms with van der Waals surface area (Å²) in [5.74, 6) is 0.378. The first-order valence-electron chi connectivity index (χ1n) is 9.13. The second kappa shape index (κ2) is 7.57. The molecule has 0 atom stereocenters. The number of nitrogens with zero attached hydrogens (tertiary/aromatic N) is 1. The van der Waals surface area contributed by atoms with Crippen molar-refractivity contribution in [3.05, 3.63) is 17.7 Å². The number of hydrogen-bond acceptors (Lipinski definition) is 6. The fourth-order valence-electron chi connectivity index (χ4n) is 3.69. The van der Waals surface area contributed by atoms with Crippen molar-refractivity contribution in [2.45, 2.75) is 38.1 Å². The first-order chi connectivity index (χ1) is 13.3. The lowest BCUT2D eigenvalue weighted by Gasteiger charge is -2.33. The molecule has 1 aliphatic carbocycles. The van der Waals surface area contributed by atoms with E-state index in [9.17, 15) is 14.4 Å². The van der Waals surface area contributed by atoms with Crippen LogP contribution in [0.1, 0.15) is 43.0 Å². The predicted octanol–water partition coefficient (Wildman–Crippen LogP) is 1.86. The zero-order valence-corrected chi connectivity index (χ0v) is 16.5. The number of hydrazine groups is 1. The average molecular weight is 391 g/mol. The second-order valence-electron chi connectivity index (χ2n) is 7.19. The number of carbonyl (C=O) groups excluding carboxylic acids is 3. The SMILES string of the molecule is COc1cc(C(=O)NN2C(=O)NC3(CCC(C)CC3)C2=O)cc(OC)c1OC. The minimum absolute atomic E-state index is 0.160. The quantitative estimate of drug-likeness (QED) is 0.742. The molecule has 0 radical (unpaired) electrons. The number of rotatable bonds is 5. The molecule has 2 fully saturated rings. The monoisotopic (exact) mass is 391 g/mol. The van der Waals surface area contributed by atoms with E-state index in [0.717, 1.165) is 17.9 Å². The highest BCUT2D eigenvalue weighted by Gasteiger charge is 2.53. The van der Waals surface area contributed by atoms with Gasteiger partial charge in [-0.3, -0.25) is 15.0 Å². The third-order valence-electron chi connectivity index (χ3n) is 5.43. The van der Waals surface area contributed by atoms with E-state index in [4.69, 9.17) is 14.2 Å². The molecule has 1 heterocycles. The molecule has 28 heavy (non-hydrogen) atoms. The maximum Gasteiger partial charge on any atom is 0.344 e. The summed E-state index contributed by atoms with van der Waals surface area (Å²) in [7, 11) is 4.33. The van der Waals surface area contributed by atoms with Crippen LogP contribution in [0.15, 0.2) is 12.1 Å². The third kappa shape index (κ3) is 3.32. The molecule has 152 valence electrons. The van der Waals surface area contributed by atoms with Crippen LogP contribution in [0.25, 0.3) is 0 Å². The van der Waals surface area contributed by atoms with Crippen molar-refractivity contribution in [3.63, 3.8) is 0 Å². The van der Waals surface area contributed by atoms with E-state index >= 15 is 0 Å². The van der Waals surface area contributed by atoms with Crippen LogP contribution in [0, 0.1) is 5.92 Å². The number of urea groups is 1. The molecule has 0 unspecified atom stereocenters. The van der Waals surface area contributed by atoms with Crippen molar-refractivity contribution in [2.24, 2.45) is 5.92 Å². The van der Waals surface area contributed by atoms with E-state index < -0.39 is 23.4 Å². The van der Waals surface area contributed by atoms with Gasteiger partial charge >= 0.3 is 6.03 Å². The molecule has 2 aliphatic rings. The molecule has 1 saturated heterocycles. The van der Waals surface area contributed by atoms with Gasteiger partial charge in [-0.1, -0.05) is 6.92 Å². The summed E-state index contributed by atoms with van der Waals surface area (Å²) >= 11 is 0. The smallest absolute Gasteiger partial charge is 0.344 e. The standard InChI is InChI=1S/C19H25N3O6/c1-11-5-7-19(8-6-11)17(24)22(18(25)20-19)21-16(23)12-9-13(26-2)15(28-4)14(10-12)27-3/h9-11H,5-8H2,1-4H3,(H,20,25)(H,21,23). The maximum absolute atomic E-state index is 12.9. The molecule has 9 nitrogen and oxygen atoms in total. The Balaban J connectivity index is 1.81. The van der Waals surface area contributed by atoms with Crippen molar-refractivity contribution in [3.8, 4) is 17.2 Å². The number of methoxy groups -OCH3 is 3. The van der Waals surface area contributed by atoms with Gasteiger partial charge in [-0.15, -0.1) is 0 Å². The van der Waals surface area contributed by atoms with Crippen LogP contribution in [0.3, 0.4) is 0 Å². The van der Waals surface area contributed by atoms with Gasteiger partial charge in [-0.25, -0.2) is 4.79 Å². The molecule has 1 spiro atoms. The molecule has 4 amide bonds. The third-order valence-corrected chi connectivity index (χ3v) is 5.43. The van der Waals surface area contributed by atoms with Gasteiger partial charge in [0.05, 0.1) is 21.3 Å². The Kier molecular flexibility index (Phi) is 5.35. The Morgan fingerprint density at radius 2 is 1.68 bits per heavy atom. The maximum atomic E-state index is 12.9. The van der Waals surface area contributed by atoms with E-state index in [-0.39, 0.29) is 5.56 Å². The molecule has 0 aromatic heterocycles. The highest BCUT2D eigenvalue weighted by molar-refractivity contribution is 6.09. The average Bonchev–Trinajstić information content (AvgIpc) is 2.93. The van der Waals surface area contributed by atoms with Crippen molar-refractivity contribution in [1.29, 1.82) is 0 Å². The number of imide groups is 1. The summed E-state index contributed by atoms with van der Waals surface area (Å²) < 4.78 is 15.7. The van der Waals surface area contributed by atoms with Crippen LogP contribution >= 0.6 is 0 Å². The second-order valence-corrected chi connectivity index (χ2v) is 7.19. The van der Waals surface area contributed by atoms with Gasteiger partial charge in [0, 0.05) is 5.56 Å². The molecular formula is C19H25N3O6. The fraction of sp³-hybridized carbons (Fsp3) is 0.526. The van der Waals surface area contributed by atoms with E-state index in [1.165, 1.54) is 33.5 Å². The molecule has 1 saturated carbocycles. The fourth-order valence-corrected chi connectivity index (χ4v) is 3.69. The van der Waals surface area contributed by atoms with Gasteiger partial charge in [0.2, 0.25) is 5.75 Å².